The van der Waals surface area contributed by atoms with E-state index in [1.165, 1.54) is 12.1 Å². The number of aryl methyl sites for hydroxylation is 1. The van der Waals surface area contributed by atoms with Crippen molar-refractivity contribution in [2.45, 2.75) is 70.2 Å². The predicted molar refractivity (Wildman–Crippen MR) is 155 cm³/mol. The minimum atomic E-state index is -0.985. The lowest BCUT2D eigenvalue weighted by molar-refractivity contribution is 0.0821. The second-order valence-corrected chi connectivity index (χ2v) is 11.3. The van der Waals surface area contributed by atoms with E-state index in [4.69, 9.17) is 0 Å². The number of aliphatic hydroxyl groups excluding tert-OH is 1. The lowest BCUT2D eigenvalue weighted by Crippen LogP contribution is -2.50. The molecule has 2 atom stereocenters. The summed E-state index contributed by atoms with van der Waals surface area (Å²) in [5.41, 5.74) is 3.83. The molecular formula is C33H41F2N3O2. The molecular weight excluding hydrogens is 508 g/mol. The Balaban J connectivity index is 1.50. The first-order valence-corrected chi connectivity index (χ1v) is 14.2. The summed E-state index contributed by atoms with van der Waals surface area (Å²) < 4.78 is 27.9. The van der Waals surface area contributed by atoms with Gasteiger partial charge < -0.3 is 20.6 Å². The fourth-order valence-electron chi connectivity index (χ4n) is 5.31. The molecule has 1 saturated carbocycles. The van der Waals surface area contributed by atoms with Gasteiger partial charge in [-0.05, 0) is 87.2 Å². The zero-order valence-corrected chi connectivity index (χ0v) is 23.7. The Bertz CT molecular complexity index is 1260. The van der Waals surface area contributed by atoms with Crippen LogP contribution in [0, 0.1) is 18.6 Å². The van der Waals surface area contributed by atoms with E-state index in [-0.39, 0.29) is 24.4 Å². The number of carbonyl (C=O) groups is 1. The van der Waals surface area contributed by atoms with E-state index >= 15 is 0 Å². The van der Waals surface area contributed by atoms with Gasteiger partial charge in [0.15, 0.2) is 0 Å². The van der Waals surface area contributed by atoms with Crippen molar-refractivity contribution < 1.29 is 18.7 Å². The van der Waals surface area contributed by atoms with Gasteiger partial charge in [0.05, 0.1) is 12.1 Å². The topological polar surface area (TPSA) is 64.6 Å². The number of halogens is 2. The molecule has 4 rings (SSSR count). The van der Waals surface area contributed by atoms with Crippen LogP contribution in [0.5, 0.6) is 0 Å². The zero-order chi connectivity index (χ0) is 28.7. The van der Waals surface area contributed by atoms with Crippen LogP contribution in [0.3, 0.4) is 0 Å². The third-order valence-corrected chi connectivity index (χ3v) is 7.63. The average Bonchev–Trinajstić information content (AvgIpc) is 3.71. The van der Waals surface area contributed by atoms with Gasteiger partial charge in [-0.3, -0.25) is 4.79 Å². The molecule has 1 fully saturated rings. The monoisotopic (exact) mass is 549 g/mol. The Labute approximate surface area is 236 Å². The number of nitrogens with zero attached hydrogens (tertiary/aromatic N) is 1. The fraction of sp³-hybridized carbons (Fsp3) is 0.424. The average molecular weight is 550 g/mol. The molecule has 214 valence electrons. The number of rotatable bonds is 14. The number of hydrogen-bond donors (Lipinski definition) is 3. The third kappa shape index (κ3) is 8.19. The van der Waals surface area contributed by atoms with Crippen molar-refractivity contribution in [3.63, 3.8) is 0 Å². The summed E-state index contributed by atoms with van der Waals surface area (Å²) >= 11 is 0. The van der Waals surface area contributed by atoms with Crippen LogP contribution in [-0.2, 0) is 18.5 Å². The minimum absolute atomic E-state index is 0.0834. The molecule has 0 saturated heterocycles. The van der Waals surface area contributed by atoms with Gasteiger partial charge in [-0.25, -0.2) is 8.78 Å². The molecule has 3 aromatic carbocycles. The summed E-state index contributed by atoms with van der Waals surface area (Å²) in [7, 11) is 2.07. The molecule has 7 heteroatoms. The van der Waals surface area contributed by atoms with Gasteiger partial charge in [-0.1, -0.05) is 55.3 Å². The normalized spacial score (nSPS) is 15.6. The Kier molecular flexibility index (Phi) is 10.1. The fourth-order valence-corrected chi connectivity index (χ4v) is 5.31. The van der Waals surface area contributed by atoms with Gasteiger partial charge in [0.2, 0.25) is 0 Å². The molecule has 0 unspecified atom stereocenters. The Morgan fingerprint density at radius 3 is 2.38 bits per heavy atom. The van der Waals surface area contributed by atoms with Crippen molar-refractivity contribution >= 4 is 5.91 Å². The molecule has 40 heavy (non-hydrogen) atoms. The maximum absolute atomic E-state index is 14.0. The van der Waals surface area contributed by atoms with Crippen molar-refractivity contribution in [3.05, 3.63) is 106 Å². The number of unbranched alkanes of at least 4 members (excludes halogenated alkanes) is 1. The van der Waals surface area contributed by atoms with Gasteiger partial charge in [-0.15, -0.1) is 0 Å². The lowest BCUT2D eigenvalue weighted by atomic mass is 9.98. The van der Waals surface area contributed by atoms with Crippen molar-refractivity contribution in [3.8, 4) is 0 Å². The van der Waals surface area contributed by atoms with Crippen LogP contribution in [0.15, 0.2) is 66.7 Å². The van der Waals surface area contributed by atoms with Crippen LogP contribution >= 0.6 is 0 Å². The molecule has 0 aromatic heterocycles. The maximum Gasteiger partial charge on any atom is 0.251 e. The summed E-state index contributed by atoms with van der Waals surface area (Å²) in [4.78, 5) is 15.7. The molecule has 1 aliphatic rings. The molecule has 3 aromatic rings. The van der Waals surface area contributed by atoms with Crippen molar-refractivity contribution in [1.82, 2.24) is 15.5 Å². The molecule has 0 heterocycles. The highest BCUT2D eigenvalue weighted by Gasteiger charge is 2.44. The number of benzene rings is 3. The van der Waals surface area contributed by atoms with Gasteiger partial charge in [0, 0.05) is 30.3 Å². The van der Waals surface area contributed by atoms with Gasteiger partial charge >= 0.3 is 0 Å². The van der Waals surface area contributed by atoms with E-state index in [2.05, 4.69) is 47.7 Å². The highest BCUT2D eigenvalue weighted by atomic mass is 19.1. The number of hydrogen-bond acceptors (Lipinski definition) is 4. The van der Waals surface area contributed by atoms with Crippen LogP contribution in [0.1, 0.15) is 65.2 Å². The van der Waals surface area contributed by atoms with Gasteiger partial charge in [0.1, 0.15) is 11.6 Å². The first-order valence-electron chi connectivity index (χ1n) is 14.2. The Morgan fingerprint density at radius 2 is 1.73 bits per heavy atom. The molecule has 5 nitrogen and oxygen atoms in total. The second-order valence-electron chi connectivity index (χ2n) is 11.3. The van der Waals surface area contributed by atoms with E-state index in [9.17, 15) is 18.7 Å². The van der Waals surface area contributed by atoms with Crippen LogP contribution in [0.4, 0.5) is 8.78 Å². The summed E-state index contributed by atoms with van der Waals surface area (Å²) in [6.45, 7) is 6.04. The van der Waals surface area contributed by atoms with E-state index in [1.54, 1.807) is 0 Å². The third-order valence-electron chi connectivity index (χ3n) is 7.63. The first-order chi connectivity index (χ1) is 19.2. The summed E-state index contributed by atoms with van der Waals surface area (Å²) in [6, 6.07) is 18.4. The summed E-state index contributed by atoms with van der Waals surface area (Å²) in [5.74, 6) is -1.71. The van der Waals surface area contributed by atoms with Gasteiger partial charge in [-0.2, -0.15) is 0 Å². The highest BCUT2D eigenvalue weighted by Crippen LogP contribution is 2.45. The van der Waals surface area contributed by atoms with Crippen LogP contribution in [0.25, 0.3) is 0 Å². The molecule has 0 aliphatic heterocycles. The highest BCUT2D eigenvalue weighted by molar-refractivity contribution is 5.94. The predicted octanol–water partition coefficient (Wildman–Crippen LogP) is 5.49. The van der Waals surface area contributed by atoms with Crippen molar-refractivity contribution in [2.75, 3.05) is 20.1 Å². The van der Waals surface area contributed by atoms with E-state index in [0.717, 1.165) is 61.5 Å². The summed E-state index contributed by atoms with van der Waals surface area (Å²) in [5, 5.41) is 17.7. The second kappa shape index (κ2) is 13.5. The minimum Gasteiger partial charge on any atom is -0.390 e. The number of nitrogens with one attached hydrogen (secondary N) is 2. The number of aliphatic hydroxyl groups is 1. The molecule has 0 spiro atoms. The van der Waals surface area contributed by atoms with Crippen LogP contribution in [0.2, 0.25) is 0 Å². The van der Waals surface area contributed by atoms with Crippen LogP contribution in [-0.4, -0.2) is 48.2 Å². The quantitative estimate of drug-likeness (QED) is 0.249. The SMILES string of the molecule is CCCCN(C)Cc1cc(C)cc(C(=O)N[C@@H](Cc2cc(F)cc(F)c2)[C@H](O)CNC2(c3ccccc3)CC2)c1. The lowest BCUT2D eigenvalue weighted by Gasteiger charge is -2.27. The van der Waals surface area contributed by atoms with Gasteiger partial charge in [0.25, 0.3) is 5.91 Å². The number of carbonyl (C=O) groups excluding carboxylic acids is 1. The largest absolute Gasteiger partial charge is 0.390 e. The van der Waals surface area contributed by atoms with Crippen LogP contribution < -0.4 is 10.6 Å². The van der Waals surface area contributed by atoms with Crippen molar-refractivity contribution in [1.29, 1.82) is 0 Å². The zero-order valence-electron chi connectivity index (χ0n) is 23.7. The summed E-state index contributed by atoms with van der Waals surface area (Å²) in [6.07, 6.45) is 3.23. The molecule has 1 aliphatic carbocycles. The van der Waals surface area contributed by atoms with E-state index in [1.807, 2.05) is 37.3 Å². The smallest absolute Gasteiger partial charge is 0.251 e. The van der Waals surface area contributed by atoms with Crippen molar-refractivity contribution in [2.24, 2.45) is 0 Å². The molecule has 3 N–H and O–H groups in total. The van der Waals surface area contributed by atoms with E-state index < -0.39 is 23.8 Å². The Morgan fingerprint density at radius 1 is 1.02 bits per heavy atom. The number of amides is 1. The maximum atomic E-state index is 14.0. The first kappa shape index (κ1) is 29.8. The standard InChI is InChI=1S/C33H41F2N3O2/c1-4-5-13-38(3)22-25-14-23(2)15-26(16-25)32(40)37-30(19-24-17-28(34)20-29(35)18-24)31(39)21-36-33(11-12-33)27-9-7-6-8-10-27/h6-10,14-18,20,30-31,36,39H,4-5,11-13,19,21-22H2,1-3H3,(H,37,40)/t30-,31+/m0/s1. The molecule has 0 bridgehead atoms. The molecule has 1 amide bonds. The molecule has 0 radical (unpaired) electrons. The van der Waals surface area contributed by atoms with E-state index in [0.29, 0.717) is 11.1 Å². The Hall–Kier alpha value is -3.13.